The summed E-state index contributed by atoms with van der Waals surface area (Å²) in [7, 11) is 1.19. The maximum Gasteiger partial charge on any atom is -0.0126 e. The van der Waals surface area contributed by atoms with Crippen LogP contribution < -0.4 is 5.11 Å². The van der Waals surface area contributed by atoms with Crippen LogP contribution in [0.1, 0.15) is 0 Å². The average Bonchev–Trinajstić information content (AvgIpc) is 1.68. The van der Waals surface area contributed by atoms with Gasteiger partial charge in [-0.2, -0.15) is 6.08 Å². The van der Waals surface area contributed by atoms with Crippen molar-refractivity contribution in [3.8, 4) is 0 Å². The minimum Gasteiger partial charge on any atom is -0.700 e. The van der Waals surface area contributed by atoms with Crippen LogP contribution in [0, 0.1) is 0 Å². The number of allylic oxidation sites excluding steroid dienone is 1. The van der Waals surface area contributed by atoms with Gasteiger partial charge in [0.1, 0.15) is 0 Å². The SMILES string of the molecule is COC([O-])=C[C-]=O. The van der Waals surface area contributed by atoms with Gasteiger partial charge in [0, 0.05) is 0 Å². The van der Waals surface area contributed by atoms with Crippen LogP contribution in [-0.4, -0.2) is 13.4 Å². The van der Waals surface area contributed by atoms with Gasteiger partial charge in [0.25, 0.3) is 0 Å². The average molecular weight is 100 g/mol. The first kappa shape index (κ1) is 6.01. The lowest BCUT2D eigenvalue weighted by Gasteiger charge is -2.15. The Morgan fingerprint density at radius 3 is 2.71 bits per heavy atom. The molecule has 0 amide bonds. The smallest absolute Gasteiger partial charge is 0.0126 e. The van der Waals surface area contributed by atoms with Crippen molar-refractivity contribution in [2.75, 3.05) is 7.11 Å². The molecule has 0 aromatic carbocycles. The molecule has 0 heterocycles. The van der Waals surface area contributed by atoms with Gasteiger partial charge in [-0.25, -0.2) is 0 Å². The molecule has 0 atom stereocenters. The van der Waals surface area contributed by atoms with Crippen molar-refractivity contribution in [1.82, 2.24) is 0 Å². The van der Waals surface area contributed by atoms with Gasteiger partial charge in [0.2, 0.25) is 0 Å². The quantitative estimate of drug-likeness (QED) is 0.252. The molecular formula is C4H4O3-2. The normalized spacial score (nSPS) is 10.7. The van der Waals surface area contributed by atoms with Crippen LogP contribution in [0.25, 0.3) is 0 Å². The molecule has 0 saturated heterocycles. The molecule has 0 fully saturated rings. The van der Waals surface area contributed by atoms with Gasteiger partial charge >= 0.3 is 0 Å². The monoisotopic (exact) mass is 100 g/mol. The van der Waals surface area contributed by atoms with Gasteiger partial charge in [0.05, 0.1) is 0 Å². The molecule has 0 aliphatic carbocycles. The number of ether oxygens (including phenoxy) is 1. The molecule has 40 valence electrons. The first-order valence-electron chi connectivity index (χ1n) is 1.60. The van der Waals surface area contributed by atoms with Crippen LogP contribution >= 0.6 is 0 Å². The van der Waals surface area contributed by atoms with E-state index in [2.05, 4.69) is 4.74 Å². The van der Waals surface area contributed by atoms with E-state index in [9.17, 15) is 9.90 Å². The molecular weight excluding hydrogens is 96.0 g/mol. The zero-order chi connectivity index (χ0) is 5.70. The molecule has 3 heteroatoms. The van der Waals surface area contributed by atoms with Gasteiger partial charge in [-0.3, -0.25) is 0 Å². The van der Waals surface area contributed by atoms with Crippen molar-refractivity contribution >= 4 is 6.29 Å². The van der Waals surface area contributed by atoms with Crippen LogP contribution in [0.15, 0.2) is 12.0 Å². The largest absolute Gasteiger partial charge is 0.700 e. The van der Waals surface area contributed by atoms with Gasteiger partial charge in [-0.15, -0.1) is 5.95 Å². The maximum atomic E-state index is 9.87. The molecule has 0 aliphatic rings. The van der Waals surface area contributed by atoms with E-state index in [1.165, 1.54) is 13.4 Å². The van der Waals surface area contributed by atoms with Crippen molar-refractivity contribution in [2.45, 2.75) is 0 Å². The van der Waals surface area contributed by atoms with E-state index in [4.69, 9.17) is 0 Å². The van der Waals surface area contributed by atoms with Crippen LogP contribution in [0.3, 0.4) is 0 Å². The molecule has 0 saturated carbocycles. The predicted octanol–water partition coefficient (Wildman–Crippen LogP) is -1.06. The fourth-order valence-electron chi connectivity index (χ4n) is 0.107. The highest BCUT2D eigenvalue weighted by atomic mass is 16.6. The van der Waals surface area contributed by atoms with Crippen molar-refractivity contribution in [1.29, 1.82) is 0 Å². The Morgan fingerprint density at radius 1 is 2.00 bits per heavy atom. The standard InChI is InChI=1S/C4H5O3/c1-7-4(6)2-3-5/h2,6H,1H3/q-1/p-1. The molecule has 0 aromatic heterocycles. The van der Waals surface area contributed by atoms with Crippen molar-refractivity contribution in [3.05, 3.63) is 12.0 Å². The third kappa shape index (κ3) is 2.82. The zero-order valence-electron chi connectivity index (χ0n) is 3.80. The number of methoxy groups -OCH3 is 1. The molecule has 0 radical (unpaired) electrons. The molecule has 7 heavy (non-hydrogen) atoms. The topological polar surface area (TPSA) is 49.4 Å². The van der Waals surface area contributed by atoms with Crippen LogP contribution in [0.2, 0.25) is 0 Å². The van der Waals surface area contributed by atoms with Crippen molar-refractivity contribution in [3.63, 3.8) is 0 Å². The minimum atomic E-state index is -0.671. The molecule has 0 N–H and O–H groups in total. The summed E-state index contributed by atoms with van der Waals surface area (Å²) < 4.78 is 4.03. The van der Waals surface area contributed by atoms with E-state index in [1.807, 2.05) is 0 Å². The lowest BCUT2D eigenvalue weighted by atomic mass is 10.7. The molecule has 0 spiro atoms. The van der Waals surface area contributed by atoms with E-state index in [0.29, 0.717) is 6.08 Å². The second-order valence-corrected chi connectivity index (χ2v) is 0.785. The Kier molecular flexibility index (Phi) is 2.76. The zero-order valence-corrected chi connectivity index (χ0v) is 3.80. The number of hydrogen-bond donors (Lipinski definition) is 0. The second kappa shape index (κ2) is 3.21. The Hall–Kier alpha value is -0.990. The van der Waals surface area contributed by atoms with Gasteiger partial charge in [-0.05, 0) is 13.4 Å². The summed E-state index contributed by atoms with van der Waals surface area (Å²) in [5.41, 5.74) is 0. The summed E-state index contributed by atoms with van der Waals surface area (Å²) in [6.45, 7) is 0. The number of hydrogen-bond acceptors (Lipinski definition) is 3. The Bertz CT molecular complexity index is 84.9. The molecule has 0 rings (SSSR count). The number of rotatable bonds is 2. The summed E-state index contributed by atoms with van der Waals surface area (Å²) >= 11 is 0. The molecule has 0 aromatic rings. The van der Waals surface area contributed by atoms with Crippen molar-refractivity contribution < 1.29 is 14.6 Å². The summed E-state index contributed by atoms with van der Waals surface area (Å²) in [5.74, 6) is -0.671. The second-order valence-electron chi connectivity index (χ2n) is 0.785. The Balaban J connectivity index is 3.49. The van der Waals surface area contributed by atoms with Gasteiger partial charge in [-0.1, -0.05) is 0 Å². The van der Waals surface area contributed by atoms with Gasteiger partial charge in [0.15, 0.2) is 0 Å². The Labute approximate surface area is 41.2 Å². The highest BCUT2D eigenvalue weighted by Gasteiger charge is 1.53. The first-order chi connectivity index (χ1) is 3.31. The van der Waals surface area contributed by atoms with Crippen LogP contribution in [0.4, 0.5) is 0 Å². The first-order valence-corrected chi connectivity index (χ1v) is 1.60. The highest BCUT2D eigenvalue weighted by Crippen LogP contribution is 1.75. The van der Waals surface area contributed by atoms with Crippen LogP contribution in [-0.2, 0) is 9.53 Å². The lowest BCUT2D eigenvalue weighted by molar-refractivity contribution is -0.352. The highest BCUT2D eigenvalue weighted by molar-refractivity contribution is 5.65. The van der Waals surface area contributed by atoms with E-state index < -0.39 is 5.95 Å². The third-order valence-electron chi connectivity index (χ3n) is 0.378. The fourth-order valence-corrected chi connectivity index (χ4v) is 0.107. The molecule has 3 nitrogen and oxygen atoms in total. The minimum absolute atomic E-state index is 0.671. The lowest BCUT2D eigenvalue weighted by Crippen LogP contribution is -2.04. The summed E-state index contributed by atoms with van der Waals surface area (Å²) in [6.07, 6.45) is 1.95. The van der Waals surface area contributed by atoms with E-state index in [0.717, 1.165) is 0 Å². The van der Waals surface area contributed by atoms with Gasteiger partial charge < -0.3 is 14.6 Å². The third-order valence-corrected chi connectivity index (χ3v) is 0.378. The summed E-state index contributed by atoms with van der Waals surface area (Å²) in [4.78, 5) is 9.29. The van der Waals surface area contributed by atoms with E-state index in [-0.39, 0.29) is 0 Å². The predicted molar refractivity (Wildman–Crippen MR) is 20.8 cm³/mol. The molecule has 0 aliphatic heterocycles. The van der Waals surface area contributed by atoms with E-state index in [1.54, 1.807) is 0 Å². The maximum absolute atomic E-state index is 9.87. The Morgan fingerprint density at radius 2 is 2.57 bits per heavy atom. The summed E-state index contributed by atoms with van der Waals surface area (Å²) in [6, 6.07) is 0. The molecule has 0 bridgehead atoms. The molecule has 0 unspecified atom stereocenters. The van der Waals surface area contributed by atoms with E-state index >= 15 is 0 Å². The van der Waals surface area contributed by atoms with Crippen molar-refractivity contribution in [2.24, 2.45) is 0 Å². The van der Waals surface area contributed by atoms with Crippen LogP contribution in [0.5, 0.6) is 0 Å². The fraction of sp³-hybridized carbons (Fsp3) is 0.250. The number of carbonyl (C=O) groups excluding carboxylic acids is 1. The summed E-state index contributed by atoms with van der Waals surface area (Å²) in [5, 5.41) is 9.87.